The highest BCUT2D eigenvalue weighted by Crippen LogP contribution is 2.18. The minimum absolute atomic E-state index is 0.00401. The molecule has 0 aliphatic rings. The fraction of sp³-hybridized carbons (Fsp3) is 0.526. The topological polar surface area (TPSA) is 183 Å². The number of carbonyl (C=O) groups excluding carboxylic acids is 3. The lowest BCUT2D eigenvalue weighted by Gasteiger charge is -2.17. The molecule has 0 bridgehead atoms. The number of sulfone groups is 1. The van der Waals surface area contributed by atoms with Crippen LogP contribution in [0.5, 0.6) is 5.75 Å². The van der Waals surface area contributed by atoms with Gasteiger partial charge in [-0.3, -0.25) is 25.1 Å². The highest BCUT2D eigenvalue weighted by atomic mass is 32.2. The van der Waals surface area contributed by atoms with Crippen LogP contribution in [0.15, 0.2) is 24.3 Å². The first kappa shape index (κ1) is 27.8. The van der Waals surface area contributed by atoms with Crippen LogP contribution in [0.4, 0.5) is 10.5 Å². The molecule has 0 heterocycles. The lowest BCUT2D eigenvalue weighted by Crippen LogP contribution is -2.48. The van der Waals surface area contributed by atoms with Crippen molar-refractivity contribution in [3.05, 3.63) is 34.4 Å². The summed E-state index contributed by atoms with van der Waals surface area (Å²) in [7, 11) is -3.68. The molecule has 0 aromatic heterocycles. The molecule has 1 aromatic carbocycles. The number of rotatable bonds is 11. The number of ether oxygens (including phenoxy) is 2. The van der Waals surface area contributed by atoms with Crippen molar-refractivity contribution >= 4 is 33.5 Å². The van der Waals surface area contributed by atoms with E-state index in [0.717, 1.165) is 12.1 Å². The molecule has 1 atom stereocenters. The van der Waals surface area contributed by atoms with Crippen LogP contribution >= 0.6 is 0 Å². The molecule has 13 nitrogen and oxygen atoms in total. The summed E-state index contributed by atoms with van der Waals surface area (Å²) >= 11 is 0. The molecule has 0 saturated heterocycles. The van der Waals surface area contributed by atoms with Crippen molar-refractivity contribution < 1.29 is 37.2 Å². The minimum Gasteiger partial charge on any atom is -0.430 e. The lowest BCUT2D eigenvalue weighted by molar-refractivity contribution is -0.384. The second kappa shape index (κ2) is 12.1. The molecular weight excluding hydrogens is 460 g/mol. The van der Waals surface area contributed by atoms with E-state index in [4.69, 9.17) is 9.47 Å². The number of hydrazine groups is 1. The van der Waals surface area contributed by atoms with Crippen molar-refractivity contribution in [3.8, 4) is 5.75 Å². The van der Waals surface area contributed by atoms with E-state index >= 15 is 0 Å². The molecule has 0 aliphatic carbocycles. The summed E-state index contributed by atoms with van der Waals surface area (Å²) in [4.78, 5) is 45.1. The molecule has 1 aromatic rings. The van der Waals surface area contributed by atoms with E-state index < -0.39 is 49.8 Å². The number of hydrogen-bond acceptors (Lipinski definition) is 10. The van der Waals surface area contributed by atoms with Gasteiger partial charge in [0.15, 0.2) is 9.84 Å². The summed E-state index contributed by atoms with van der Waals surface area (Å²) in [5, 5.41) is 13.0. The maximum absolute atomic E-state index is 12.2. The van der Waals surface area contributed by atoms with Crippen LogP contribution in [0.1, 0.15) is 27.7 Å². The number of non-ortho nitro benzene ring substituents is 1. The molecule has 33 heavy (non-hydrogen) atoms. The molecule has 1 unspecified atom stereocenters. The van der Waals surface area contributed by atoms with Crippen molar-refractivity contribution in [2.45, 2.75) is 33.8 Å². The van der Waals surface area contributed by atoms with Gasteiger partial charge in [-0.25, -0.2) is 18.6 Å². The van der Waals surface area contributed by atoms with Gasteiger partial charge in [-0.15, -0.1) is 0 Å². The smallest absolute Gasteiger partial charge is 0.430 e. The summed E-state index contributed by atoms with van der Waals surface area (Å²) < 4.78 is 34.1. The Bertz CT molecular complexity index is 956. The third-order valence-electron chi connectivity index (χ3n) is 3.90. The average Bonchev–Trinajstić information content (AvgIpc) is 2.66. The van der Waals surface area contributed by atoms with Crippen LogP contribution < -0.4 is 20.9 Å². The SMILES string of the molecule is CC(CS(=O)(=O)CCNC(=O)CNNC(=O)C(C)(C)C)OC(=O)Oc1ccc([N+](=O)[O-])cc1. The van der Waals surface area contributed by atoms with Crippen LogP contribution in [0, 0.1) is 15.5 Å². The Labute approximate surface area is 191 Å². The molecule has 0 saturated carbocycles. The molecule has 0 spiro atoms. The number of amides is 2. The van der Waals surface area contributed by atoms with Gasteiger partial charge in [0, 0.05) is 24.1 Å². The Morgan fingerprint density at radius 1 is 1.15 bits per heavy atom. The second-order valence-corrected chi connectivity index (χ2v) is 10.3. The predicted molar refractivity (Wildman–Crippen MR) is 117 cm³/mol. The number of hydrogen-bond donors (Lipinski definition) is 3. The summed E-state index contributed by atoms with van der Waals surface area (Å²) in [5.74, 6) is -1.72. The number of benzene rings is 1. The van der Waals surface area contributed by atoms with E-state index in [2.05, 4.69) is 16.2 Å². The first-order valence-electron chi connectivity index (χ1n) is 9.83. The van der Waals surface area contributed by atoms with Gasteiger partial charge in [0.1, 0.15) is 11.9 Å². The van der Waals surface area contributed by atoms with Crippen molar-refractivity contribution in [2.75, 3.05) is 24.6 Å². The summed E-state index contributed by atoms with van der Waals surface area (Å²) in [6.45, 7) is 6.06. The Morgan fingerprint density at radius 3 is 2.30 bits per heavy atom. The highest BCUT2D eigenvalue weighted by molar-refractivity contribution is 7.91. The fourth-order valence-corrected chi connectivity index (χ4v) is 3.56. The predicted octanol–water partition coefficient (Wildman–Crippen LogP) is 0.697. The minimum atomic E-state index is -3.68. The van der Waals surface area contributed by atoms with Gasteiger partial charge in [0.2, 0.25) is 11.8 Å². The lowest BCUT2D eigenvalue weighted by atomic mass is 9.96. The molecule has 0 aliphatic heterocycles. The van der Waals surface area contributed by atoms with Gasteiger partial charge in [-0.2, -0.15) is 0 Å². The van der Waals surface area contributed by atoms with Gasteiger partial charge in [-0.05, 0) is 19.1 Å². The molecule has 0 fully saturated rings. The molecule has 184 valence electrons. The van der Waals surface area contributed by atoms with Gasteiger partial charge >= 0.3 is 6.16 Å². The summed E-state index contributed by atoms with van der Waals surface area (Å²) in [6.07, 6.45) is -2.20. The normalized spacial score (nSPS) is 12.4. The Morgan fingerprint density at radius 2 is 1.76 bits per heavy atom. The van der Waals surface area contributed by atoms with E-state index in [9.17, 15) is 32.9 Å². The van der Waals surface area contributed by atoms with Crippen molar-refractivity contribution in [2.24, 2.45) is 5.41 Å². The van der Waals surface area contributed by atoms with E-state index in [1.165, 1.54) is 19.1 Å². The second-order valence-electron chi connectivity index (χ2n) is 8.05. The zero-order valence-corrected chi connectivity index (χ0v) is 19.6. The number of nitro groups is 1. The maximum Gasteiger partial charge on any atom is 0.514 e. The van der Waals surface area contributed by atoms with E-state index in [1.807, 2.05) is 0 Å². The van der Waals surface area contributed by atoms with Crippen LogP contribution in [-0.4, -0.2) is 62.0 Å². The van der Waals surface area contributed by atoms with Crippen molar-refractivity contribution in [1.29, 1.82) is 0 Å². The first-order valence-corrected chi connectivity index (χ1v) is 11.6. The Balaban J connectivity index is 2.34. The maximum atomic E-state index is 12.2. The van der Waals surface area contributed by atoms with Crippen molar-refractivity contribution in [3.63, 3.8) is 0 Å². The summed E-state index contributed by atoms with van der Waals surface area (Å²) in [5.41, 5.74) is 4.01. The average molecular weight is 489 g/mol. The Kier molecular flexibility index (Phi) is 10.2. The standard InChI is InChI=1S/C19H28N4O9S/c1-13(31-18(26)32-15-7-5-14(6-8-15)23(27)28)12-33(29,30)10-9-20-16(24)11-21-22-17(25)19(2,3)4/h5-8,13,21H,9-12H2,1-4H3,(H,20,24)(H,22,25). The fourth-order valence-electron chi connectivity index (χ4n) is 2.20. The molecule has 14 heteroatoms. The molecule has 3 N–H and O–H groups in total. The number of nitro benzene ring substituents is 1. The Hall–Kier alpha value is -3.26. The van der Waals surface area contributed by atoms with Crippen LogP contribution in [0.3, 0.4) is 0 Å². The quantitative estimate of drug-likeness (QED) is 0.173. The zero-order chi connectivity index (χ0) is 25.2. The van der Waals surface area contributed by atoms with Gasteiger partial charge in [0.05, 0.1) is 23.0 Å². The molecule has 1 rings (SSSR count). The van der Waals surface area contributed by atoms with Crippen LogP contribution in [0.25, 0.3) is 0 Å². The van der Waals surface area contributed by atoms with E-state index in [0.29, 0.717) is 0 Å². The third-order valence-corrected chi connectivity index (χ3v) is 5.71. The van der Waals surface area contributed by atoms with Crippen LogP contribution in [0.2, 0.25) is 0 Å². The highest BCUT2D eigenvalue weighted by Gasteiger charge is 2.22. The van der Waals surface area contributed by atoms with Gasteiger partial charge < -0.3 is 14.8 Å². The largest absolute Gasteiger partial charge is 0.514 e. The van der Waals surface area contributed by atoms with Crippen molar-refractivity contribution in [1.82, 2.24) is 16.2 Å². The number of carbonyl (C=O) groups is 3. The van der Waals surface area contributed by atoms with Crippen LogP contribution in [-0.2, 0) is 24.2 Å². The molecule has 2 amide bonds. The van der Waals surface area contributed by atoms with E-state index in [-0.39, 0.29) is 30.4 Å². The zero-order valence-electron chi connectivity index (χ0n) is 18.7. The third kappa shape index (κ3) is 11.2. The first-order chi connectivity index (χ1) is 15.2. The molecular formula is C19H28N4O9S. The van der Waals surface area contributed by atoms with E-state index in [1.54, 1.807) is 20.8 Å². The summed E-state index contributed by atoms with van der Waals surface area (Å²) in [6, 6.07) is 4.68. The van der Waals surface area contributed by atoms with Gasteiger partial charge in [-0.1, -0.05) is 20.8 Å². The van der Waals surface area contributed by atoms with Gasteiger partial charge in [0.25, 0.3) is 5.69 Å². The molecule has 0 radical (unpaired) electrons. The monoisotopic (exact) mass is 488 g/mol. The number of nitrogens with one attached hydrogen (secondary N) is 3. The number of nitrogens with zero attached hydrogens (tertiary/aromatic N) is 1.